The zero-order chi connectivity index (χ0) is 21.1. The summed E-state index contributed by atoms with van der Waals surface area (Å²) in [5.74, 6) is 0.581. The summed E-state index contributed by atoms with van der Waals surface area (Å²) in [4.78, 5) is 14.8. The van der Waals surface area contributed by atoms with Crippen molar-refractivity contribution in [3.05, 3.63) is 60.4 Å². The predicted octanol–water partition coefficient (Wildman–Crippen LogP) is 3.80. The van der Waals surface area contributed by atoms with Crippen molar-refractivity contribution < 1.29 is 13.9 Å². The molecule has 0 radical (unpaired) electrons. The first-order valence-electron chi connectivity index (χ1n) is 9.73. The number of hydrogen-bond donors (Lipinski definition) is 0. The van der Waals surface area contributed by atoms with Crippen LogP contribution < -0.4 is 0 Å². The maximum Gasteiger partial charge on any atom is 0.233 e. The van der Waals surface area contributed by atoms with Crippen LogP contribution in [0.5, 0.6) is 0 Å². The number of carbonyl (C=O) groups is 1. The third-order valence-electron chi connectivity index (χ3n) is 5.02. The van der Waals surface area contributed by atoms with Gasteiger partial charge >= 0.3 is 0 Å². The molecule has 2 heterocycles. The molecule has 1 amide bonds. The van der Waals surface area contributed by atoms with E-state index < -0.39 is 0 Å². The SMILES string of the molecule is CC1(C)COCCN1C(=O)CSc1nnc(-c2ccc(F)cc2)n1-c1ccccc1. The molecular weight excluding hydrogens is 403 g/mol. The second-order valence-corrected chi connectivity index (χ2v) is 8.63. The van der Waals surface area contributed by atoms with E-state index in [2.05, 4.69) is 10.2 Å². The third kappa shape index (κ3) is 4.24. The number of morpholine rings is 1. The van der Waals surface area contributed by atoms with Crippen molar-refractivity contribution in [1.29, 1.82) is 0 Å². The molecule has 6 nitrogen and oxygen atoms in total. The minimum absolute atomic E-state index is 0.0410. The third-order valence-corrected chi connectivity index (χ3v) is 5.93. The van der Waals surface area contributed by atoms with Gasteiger partial charge in [0.2, 0.25) is 5.91 Å². The van der Waals surface area contributed by atoms with Crippen LogP contribution in [0.1, 0.15) is 13.8 Å². The van der Waals surface area contributed by atoms with Crippen molar-refractivity contribution in [1.82, 2.24) is 19.7 Å². The minimum atomic E-state index is -0.331. The van der Waals surface area contributed by atoms with Gasteiger partial charge in [0.05, 0.1) is 24.5 Å². The Bertz CT molecular complexity index is 1020. The molecule has 0 atom stereocenters. The highest BCUT2D eigenvalue weighted by Crippen LogP contribution is 2.29. The van der Waals surface area contributed by atoms with Crippen LogP contribution in [-0.4, -0.2) is 56.6 Å². The smallest absolute Gasteiger partial charge is 0.233 e. The van der Waals surface area contributed by atoms with E-state index >= 15 is 0 Å². The van der Waals surface area contributed by atoms with Gasteiger partial charge < -0.3 is 9.64 Å². The molecule has 1 aliphatic rings. The molecular formula is C22H23FN4O2S. The summed E-state index contributed by atoms with van der Waals surface area (Å²) in [6.45, 7) is 5.67. The Kier molecular flexibility index (Phi) is 5.87. The Morgan fingerprint density at radius 1 is 1.13 bits per heavy atom. The van der Waals surface area contributed by atoms with Crippen LogP contribution in [0.15, 0.2) is 59.8 Å². The normalized spacial score (nSPS) is 15.9. The fourth-order valence-electron chi connectivity index (χ4n) is 3.48. The fraction of sp³-hybridized carbons (Fsp3) is 0.318. The molecule has 1 fully saturated rings. The number of benzene rings is 2. The van der Waals surface area contributed by atoms with E-state index in [1.54, 1.807) is 12.1 Å². The van der Waals surface area contributed by atoms with Crippen LogP contribution in [-0.2, 0) is 9.53 Å². The first kappa shape index (κ1) is 20.6. The monoisotopic (exact) mass is 426 g/mol. The van der Waals surface area contributed by atoms with Crippen LogP contribution in [0.25, 0.3) is 17.1 Å². The molecule has 0 N–H and O–H groups in total. The topological polar surface area (TPSA) is 60.2 Å². The number of ether oxygens (including phenoxy) is 1. The molecule has 1 aliphatic heterocycles. The van der Waals surface area contributed by atoms with E-state index in [0.717, 1.165) is 11.3 Å². The number of amides is 1. The first-order chi connectivity index (χ1) is 14.5. The summed E-state index contributed by atoms with van der Waals surface area (Å²) in [6, 6.07) is 15.8. The molecule has 30 heavy (non-hydrogen) atoms. The maximum atomic E-state index is 13.4. The average molecular weight is 427 g/mol. The van der Waals surface area contributed by atoms with E-state index in [1.165, 1.54) is 23.9 Å². The molecule has 0 unspecified atom stereocenters. The Labute approximate surface area is 179 Å². The Morgan fingerprint density at radius 2 is 1.87 bits per heavy atom. The molecule has 0 bridgehead atoms. The average Bonchev–Trinajstić information content (AvgIpc) is 3.17. The van der Waals surface area contributed by atoms with Crippen molar-refractivity contribution in [2.24, 2.45) is 0 Å². The summed E-state index contributed by atoms with van der Waals surface area (Å²) in [7, 11) is 0. The van der Waals surface area contributed by atoms with Gasteiger partial charge in [0.1, 0.15) is 5.82 Å². The zero-order valence-corrected chi connectivity index (χ0v) is 17.7. The van der Waals surface area contributed by atoms with Crippen LogP contribution >= 0.6 is 11.8 Å². The lowest BCUT2D eigenvalue weighted by atomic mass is 10.0. The lowest BCUT2D eigenvalue weighted by Gasteiger charge is -2.42. The second kappa shape index (κ2) is 8.57. The molecule has 4 rings (SSSR count). The van der Waals surface area contributed by atoms with Gasteiger partial charge in [-0.25, -0.2) is 4.39 Å². The van der Waals surface area contributed by atoms with Crippen LogP contribution in [0.2, 0.25) is 0 Å². The van der Waals surface area contributed by atoms with Gasteiger partial charge in [-0.15, -0.1) is 10.2 Å². The van der Waals surface area contributed by atoms with Crippen LogP contribution in [0.3, 0.4) is 0 Å². The van der Waals surface area contributed by atoms with Gasteiger partial charge in [-0.3, -0.25) is 9.36 Å². The summed E-state index contributed by atoms with van der Waals surface area (Å²) < 4.78 is 20.8. The van der Waals surface area contributed by atoms with E-state index in [1.807, 2.05) is 53.6 Å². The van der Waals surface area contributed by atoms with Gasteiger partial charge in [-0.05, 0) is 50.2 Å². The number of carbonyl (C=O) groups excluding carboxylic acids is 1. The van der Waals surface area contributed by atoms with Gasteiger partial charge in [0.15, 0.2) is 11.0 Å². The maximum absolute atomic E-state index is 13.4. The quantitative estimate of drug-likeness (QED) is 0.581. The number of thioether (sulfide) groups is 1. The number of para-hydroxylation sites is 1. The molecule has 8 heteroatoms. The van der Waals surface area contributed by atoms with E-state index in [-0.39, 0.29) is 23.0 Å². The summed E-state index contributed by atoms with van der Waals surface area (Å²) in [5.41, 5.74) is 1.30. The molecule has 0 spiro atoms. The fourth-order valence-corrected chi connectivity index (χ4v) is 4.31. The number of aromatic nitrogens is 3. The van der Waals surface area contributed by atoms with Gasteiger partial charge in [-0.1, -0.05) is 30.0 Å². The van der Waals surface area contributed by atoms with Crippen LogP contribution in [0.4, 0.5) is 4.39 Å². The predicted molar refractivity (Wildman–Crippen MR) is 114 cm³/mol. The largest absolute Gasteiger partial charge is 0.377 e. The highest BCUT2D eigenvalue weighted by molar-refractivity contribution is 7.99. The second-order valence-electron chi connectivity index (χ2n) is 7.68. The molecule has 156 valence electrons. The number of nitrogens with zero attached hydrogens (tertiary/aromatic N) is 4. The lowest BCUT2D eigenvalue weighted by Crippen LogP contribution is -2.56. The van der Waals surface area contributed by atoms with E-state index in [0.29, 0.717) is 30.7 Å². The van der Waals surface area contributed by atoms with Crippen molar-refractivity contribution >= 4 is 17.7 Å². The number of hydrogen-bond acceptors (Lipinski definition) is 5. The first-order valence-corrected chi connectivity index (χ1v) is 10.7. The molecule has 3 aromatic rings. The number of halogens is 1. The minimum Gasteiger partial charge on any atom is -0.377 e. The van der Waals surface area contributed by atoms with Crippen molar-refractivity contribution in [3.8, 4) is 17.1 Å². The Morgan fingerprint density at radius 3 is 2.57 bits per heavy atom. The summed E-state index contributed by atoms with van der Waals surface area (Å²) in [6.07, 6.45) is 0. The van der Waals surface area contributed by atoms with E-state index in [9.17, 15) is 9.18 Å². The number of rotatable bonds is 5. The molecule has 0 aliphatic carbocycles. The summed E-state index contributed by atoms with van der Waals surface area (Å²) in [5, 5.41) is 9.28. The lowest BCUT2D eigenvalue weighted by molar-refractivity contribution is -0.143. The van der Waals surface area contributed by atoms with Crippen molar-refractivity contribution in [3.63, 3.8) is 0 Å². The molecule has 2 aromatic carbocycles. The summed E-state index contributed by atoms with van der Waals surface area (Å²) >= 11 is 1.35. The standard InChI is InChI=1S/C22H23FN4O2S/c1-22(2)15-29-13-12-26(22)19(28)14-30-21-25-24-20(16-8-10-17(23)11-9-16)27(21)18-6-4-3-5-7-18/h3-11H,12-15H2,1-2H3. The highest BCUT2D eigenvalue weighted by Gasteiger charge is 2.34. The molecule has 0 saturated carbocycles. The van der Waals surface area contributed by atoms with Crippen molar-refractivity contribution in [2.45, 2.75) is 24.5 Å². The Balaban J connectivity index is 1.62. The molecule has 1 saturated heterocycles. The van der Waals surface area contributed by atoms with Crippen molar-refractivity contribution in [2.75, 3.05) is 25.5 Å². The zero-order valence-electron chi connectivity index (χ0n) is 16.9. The van der Waals surface area contributed by atoms with E-state index in [4.69, 9.17) is 4.74 Å². The molecule has 1 aromatic heterocycles. The van der Waals surface area contributed by atoms with Crippen LogP contribution in [0, 0.1) is 5.82 Å². The van der Waals surface area contributed by atoms with Gasteiger partial charge in [-0.2, -0.15) is 0 Å². The Hall–Kier alpha value is -2.71. The van der Waals surface area contributed by atoms with Gasteiger partial charge in [0.25, 0.3) is 0 Å². The van der Waals surface area contributed by atoms with Gasteiger partial charge in [0, 0.05) is 17.8 Å². The highest BCUT2D eigenvalue weighted by atomic mass is 32.2.